The summed E-state index contributed by atoms with van der Waals surface area (Å²) in [6.45, 7) is 3.25. The van der Waals surface area contributed by atoms with Crippen LogP contribution >= 0.6 is 11.7 Å². The number of nitrogens with zero attached hydrogens (tertiary/aromatic N) is 4. The number of piperazine rings is 1. The zero-order valence-electron chi connectivity index (χ0n) is 15.4. The van der Waals surface area contributed by atoms with Gasteiger partial charge in [0.05, 0.1) is 24.0 Å². The van der Waals surface area contributed by atoms with Gasteiger partial charge in [-0.05, 0) is 25.0 Å². The molecule has 2 heterocycles. The van der Waals surface area contributed by atoms with Gasteiger partial charge in [0.1, 0.15) is 11.0 Å². The Bertz CT molecular complexity index is 809. The zero-order valence-corrected chi connectivity index (χ0v) is 16.2. The Morgan fingerprint density at radius 3 is 2.63 bits per heavy atom. The first-order chi connectivity index (χ1) is 13.2. The van der Waals surface area contributed by atoms with Gasteiger partial charge >= 0.3 is 0 Å². The van der Waals surface area contributed by atoms with E-state index < -0.39 is 0 Å². The third-order valence-corrected chi connectivity index (χ3v) is 6.11. The number of carbonyl (C=O) groups excluding carboxylic acids is 2. The predicted octanol–water partition coefficient (Wildman–Crippen LogP) is 2.35. The lowest BCUT2D eigenvalue weighted by atomic mass is 9.88. The van der Waals surface area contributed by atoms with Gasteiger partial charge in [-0.3, -0.25) is 14.5 Å². The molecule has 0 radical (unpaired) electrons. The molecular weight excluding hydrogens is 362 g/mol. The molecule has 2 aliphatic rings. The normalized spacial score (nSPS) is 19.3. The molecule has 1 aliphatic carbocycles. The van der Waals surface area contributed by atoms with Crippen molar-refractivity contribution in [3.8, 4) is 0 Å². The summed E-state index contributed by atoms with van der Waals surface area (Å²) in [5.74, 6) is 0.491. The van der Waals surface area contributed by atoms with Crippen molar-refractivity contribution in [2.45, 2.75) is 32.1 Å². The molecule has 1 N–H and O–H groups in total. The van der Waals surface area contributed by atoms with Crippen molar-refractivity contribution in [1.29, 1.82) is 0 Å². The molecule has 2 amide bonds. The van der Waals surface area contributed by atoms with E-state index in [1.165, 1.54) is 19.3 Å². The molecule has 2 aromatic rings. The minimum Gasteiger partial charge on any atom is -0.340 e. The molecule has 0 spiro atoms. The maximum absolute atomic E-state index is 12.6. The van der Waals surface area contributed by atoms with Gasteiger partial charge in [0.2, 0.25) is 11.8 Å². The van der Waals surface area contributed by atoms with E-state index in [0.29, 0.717) is 31.2 Å². The number of hydrogen-bond donors (Lipinski definition) is 1. The fraction of sp³-hybridized carbons (Fsp3) is 0.579. The van der Waals surface area contributed by atoms with Crippen molar-refractivity contribution < 1.29 is 9.59 Å². The highest BCUT2D eigenvalue weighted by Crippen LogP contribution is 2.26. The molecule has 0 unspecified atom stereocenters. The SMILES string of the molecule is O=C(CN1CCN(C(=O)C2CCCCC2)CC1)Nc1cccc2nsnc12. The molecule has 1 saturated carbocycles. The van der Waals surface area contributed by atoms with Gasteiger partial charge in [0.15, 0.2) is 0 Å². The van der Waals surface area contributed by atoms with Crippen LogP contribution in [0.15, 0.2) is 18.2 Å². The van der Waals surface area contributed by atoms with Crippen LogP contribution in [-0.2, 0) is 9.59 Å². The maximum atomic E-state index is 12.6. The Hall–Kier alpha value is -2.06. The summed E-state index contributed by atoms with van der Waals surface area (Å²) in [4.78, 5) is 29.2. The van der Waals surface area contributed by atoms with Gasteiger partial charge < -0.3 is 10.2 Å². The summed E-state index contributed by atoms with van der Waals surface area (Å²) in [6, 6.07) is 5.61. The number of anilines is 1. The molecule has 1 aliphatic heterocycles. The molecule has 8 heteroatoms. The summed E-state index contributed by atoms with van der Waals surface area (Å²) in [6.07, 6.45) is 5.70. The lowest BCUT2D eigenvalue weighted by molar-refractivity contribution is -0.138. The van der Waals surface area contributed by atoms with Gasteiger partial charge in [-0.2, -0.15) is 8.75 Å². The first kappa shape index (κ1) is 18.3. The monoisotopic (exact) mass is 387 g/mol. The molecule has 1 aromatic carbocycles. The second-order valence-electron chi connectivity index (χ2n) is 7.42. The van der Waals surface area contributed by atoms with E-state index >= 15 is 0 Å². The minimum atomic E-state index is -0.0532. The van der Waals surface area contributed by atoms with Gasteiger partial charge in [0.25, 0.3) is 0 Å². The summed E-state index contributed by atoms with van der Waals surface area (Å²) < 4.78 is 8.45. The van der Waals surface area contributed by atoms with Gasteiger partial charge in [-0.1, -0.05) is 25.3 Å². The molecule has 1 saturated heterocycles. The highest BCUT2D eigenvalue weighted by molar-refractivity contribution is 7.00. The fourth-order valence-electron chi connectivity index (χ4n) is 4.03. The van der Waals surface area contributed by atoms with Crippen molar-refractivity contribution in [2.75, 3.05) is 38.0 Å². The van der Waals surface area contributed by atoms with Crippen LogP contribution < -0.4 is 5.32 Å². The lowest BCUT2D eigenvalue weighted by Gasteiger charge is -2.36. The van der Waals surface area contributed by atoms with Crippen LogP contribution in [0.4, 0.5) is 5.69 Å². The van der Waals surface area contributed by atoms with E-state index in [-0.39, 0.29) is 11.8 Å². The van der Waals surface area contributed by atoms with Crippen molar-refractivity contribution >= 4 is 40.3 Å². The first-order valence-corrected chi connectivity index (χ1v) is 10.5. The number of benzene rings is 1. The number of amides is 2. The minimum absolute atomic E-state index is 0.0532. The van der Waals surface area contributed by atoms with E-state index in [4.69, 9.17) is 0 Å². The average Bonchev–Trinajstić information content (AvgIpc) is 3.19. The van der Waals surface area contributed by atoms with Crippen molar-refractivity contribution in [1.82, 2.24) is 18.5 Å². The highest BCUT2D eigenvalue weighted by Gasteiger charge is 2.28. The summed E-state index contributed by atoms with van der Waals surface area (Å²) in [5, 5.41) is 2.95. The van der Waals surface area contributed by atoms with Gasteiger partial charge in [0, 0.05) is 32.1 Å². The van der Waals surface area contributed by atoms with E-state index in [0.717, 1.165) is 48.7 Å². The molecule has 4 rings (SSSR count). The number of nitrogens with one attached hydrogen (secondary N) is 1. The van der Waals surface area contributed by atoms with Crippen LogP contribution in [0.5, 0.6) is 0 Å². The number of aromatic nitrogens is 2. The van der Waals surface area contributed by atoms with Crippen LogP contribution in [0.1, 0.15) is 32.1 Å². The van der Waals surface area contributed by atoms with Gasteiger partial charge in [-0.15, -0.1) is 0 Å². The molecule has 7 nitrogen and oxygen atoms in total. The molecule has 27 heavy (non-hydrogen) atoms. The molecular formula is C19H25N5O2S. The Morgan fingerprint density at radius 2 is 1.85 bits per heavy atom. The summed E-state index contributed by atoms with van der Waals surface area (Å²) in [7, 11) is 0. The smallest absolute Gasteiger partial charge is 0.238 e. The van der Waals surface area contributed by atoms with E-state index in [1.807, 2.05) is 23.1 Å². The molecule has 0 atom stereocenters. The standard InChI is InChI=1S/C19H25N5O2S/c25-17(20-15-7-4-8-16-18(15)22-27-21-16)13-23-9-11-24(12-10-23)19(26)14-5-2-1-3-6-14/h4,7-8,14H,1-3,5-6,9-13H2,(H,20,25). The number of fused-ring (bicyclic) bond motifs is 1. The second-order valence-corrected chi connectivity index (χ2v) is 7.95. The van der Waals surface area contributed by atoms with Crippen molar-refractivity contribution in [3.05, 3.63) is 18.2 Å². The van der Waals surface area contributed by atoms with Crippen LogP contribution in [-0.4, -0.2) is 63.1 Å². The first-order valence-electron chi connectivity index (χ1n) is 9.73. The predicted molar refractivity (Wildman–Crippen MR) is 106 cm³/mol. The lowest BCUT2D eigenvalue weighted by Crippen LogP contribution is -2.52. The molecule has 2 fully saturated rings. The summed E-state index contributed by atoms with van der Waals surface area (Å²) in [5.41, 5.74) is 2.24. The Labute approximate surface area is 163 Å². The molecule has 1 aromatic heterocycles. The third-order valence-electron chi connectivity index (χ3n) is 5.57. The van der Waals surface area contributed by atoms with E-state index in [2.05, 4.69) is 19.0 Å². The number of carbonyl (C=O) groups is 2. The Kier molecular flexibility index (Phi) is 5.63. The van der Waals surface area contributed by atoms with Crippen molar-refractivity contribution in [3.63, 3.8) is 0 Å². The third kappa shape index (κ3) is 4.27. The van der Waals surface area contributed by atoms with E-state index in [1.54, 1.807) is 0 Å². The van der Waals surface area contributed by atoms with Gasteiger partial charge in [-0.25, -0.2) is 0 Å². The second kappa shape index (κ2) is 8.31. The number of rotatable bonds is 4. The van der Waals surface area contributed by atoms with E-state index in [9.17, 15) is 9.59 Å². The Morgan fingerprint density at radius 1 is 1.07 bits per heavy atom. The van der Waals surface area contributed by atoms with Crippen molar-refractivity contribution in [2.24, 2.45) is 5.92 Å². The summed E-state index contributed by atoms with van der Waals surface area (Å²) >= 11 is 1.15. The zero-order chi connectivity index (χ0) is 18.6. The van der Waals surface area contributed by atoms with Crippen LogP contribution in [0, 0.1) is 5.92 Å². The van der Waals surface area contributed by atoms with Crippen LogP contribution in [0.2, 0.25) is 0 Å². The largest absolute Gasteiger partial charge is 0.340 e. The van der Waals surface area contributed by atoms with Crippen LogP contribution in [0.3, 0.4) is 0 Å². The highest BCUT2D eigenvalue weighted by atomic mass is 32.1. The van der Waals surface area contributed by atoms with Crippen LogP contribution in [0.25, 0.3) is 11.0 Å². The average molecular weight is 388 g/mol. The molecule has 144 valence electrons. The topological polar surface area (TPSA) is 78.4 Å². The Balaban J connectivity index is 1.27. The number of hydrogen-bond acceptors (Lipinski definition) is 6. The molecule has 0 bridgehead atoms. The quantitative estimate of drug-likeness (QED) is 0.871. The fourth-order valence-corrected chi connectivity index (χ4v) is 4.58. The maximum Gasteiger partial charge on any atom is 0.238 e.